The Labute approximate surface area is 98.7 Å². The zero-order valence-electron chi connectivity index (χ0n) is 9.78. The second kappa shape index (κ2) is 5.29. The molecule has 0 bridgehead atoms. The van der Waals surface area contributed by atoms with Gasteiger partial charge in [0.25, 0.3) is 5.91 Å². The molecule has 0 aliphatic carbocycles. The summed E-state index contributed by atoms with van der Waals surface area (Å²) < 4.78 is 0. The van der Waals surface area contributed by atoms with Crippen LogP contribution >= 0.6 is 0 Å². The Balaban J connectivity index is 2.84. The van der Waals surface area contributed by atoms with E-state index in [0.29, 0.717) is 17.0 Å². The predicted molar refractivity (Wildman–Crippen MR) is 61.8 cm³/mol. The third kappa shape index (κ3) is 2.93. The zero-order valence-corrected chi connectivity index (χ0v) is 9.78. The van der Waals surface area contributed by atoms with Crippen molar-refractivity contribution in [2.75, 3.05) is 0 Å². The molecule has 1 amide bonds. The van der Waals surface area contributed by atoms with Crippen LogP contribution in [0.1, 0.15) is 28.2 Å². The van der Waals surface area contributed by atoms with Gasteiger partial charge in [0.15, 0.2) is 0 Å². The topological polar surface area (TPSA) is 95.1 Å². The normalized spacial score (nSPS) is 11.9. The highest BCUT2D eigenvalue weighted by molar-refractivity contribution is 5.98. The average Bonchev–Trinajstić information content (AvgIpc) is 2.57. The quantitative estimate of drug-likeness (QED) is 0.659. The summed E-state index contributed by atoms with van der Waals surface area (Å²) in [5.74, 6) is -1.53. The first-order chi connectivity index (χ1) is 7.97. The van der Waals surface area contributed by atoms with Crippen molar-refractivity contribution in [3.63, 3.8) is 0 Å². The van der Waals surface area contributed by atoms with Crippen molar-refractivity contribution in [3.05, 3.63) is 29.6 Å². The highest BCUT2D eigenvalue weighted by Crippen LogP contribution is 2.09. The summed E-state index contributed by atoms with van der Waals surface area (Å²) in [6, 6.07) is -0.964. The summed E-state index contributed by atoms with van der Waals surface area (Å²) in [6.07, 6.45) is 1.63. The maximum absolute atomic E-state index is 11.9. The van der Waals surface area contributed by atoms with Gasteiger partial charge in [-0.25, -0.2) is 4.79 Å². The summed E-state index contributed by atoms with van der Waals surface area (Å²) in [7, 11) is 0. The van der Waals surface area contributed by atoms with Crippen molar-refractivity contribution in [2.45, 2.75) is 26.3 Å². The van der Waals surface area contributed by atoms with Gasteiger partial charge in [0, 0.05) is 5.69 Å². The van der Waals surface area contributed by atoms with Crippen LogP contribution in [0.4, 0.5) is 0 Å². The van der Waals surface area contributed by atoms with Crippen molar-refractivity contribution < 1.29 is 14.7 Å². The number of aromatic nitrogens is 2. The summed E-state index contributed by atoms with van der Waals surface area (Å²) in [5.41, 5.74) is 1.55. The van der Waals surface area contributed by atoms with Gasteiger partial charge in [-0.15, -0.1) is 6.58 Å². The molecule has 92 valence electrons. The number of carbonyl (C=O) groups excluding carboxylic acids is 1. The van der Waals surface area contributed by atoms with Crippen molar-refractivity contribution in [1.29, 1.82) is 0 Å². The minimum atomic E-state index is -1.09. The van der Waals surface area contributed by atoms with E-state index >= 15 is 0 Å². The Kier molecular flexibility index (Phi) is 4.03. The first-order valence-corrected chi connectivity index (χ1v) is 5.13. The van der Waals surface area contributed by atoms with Crippen LogP contribution < -0.4 is 5.32 Å². The number of H-pyrrole nitrogens is 1. The van der Waals surface area contributed by atoms with Crippen LogP contribution in [0.15, 0.2) is 12.7 Å². The molecule has 1 rings (SSSR count). The lowest BCUT2D eigenvalue weighted by Crippen LogP contribution is -2.40. The number of aryl methyl sites for hydroxylation is 2. The van der Waals surface area contributed by atoms with Crippen LogP contribution in [0, 0.1) is 13.8 Å². The zero-order chi connectivity index (χ0) is 13.0. The molecule has 1 heterocycles. The average molecular weight is 237 g/mol. The molecule has 0 aromatic carbocycles. The summed E-state index contributed by atoms with van der Waals surface area (Å²) >= 11 is 0. The van der Waals surface area contributed by atoms with Crippen molar-refractivity contribution in [3.8, 4) is 0 Å². The van der Waals surface area contributed by atoms with E-state index in [0.717, 1.165) is 0 Å². The maximum atomic E-state index is 11.9. The molecular weight excluding hydrogens is 222 g/mol. The minimum Gasteiger partial charge on any atom is -0.480 e. The highest BCUT2D eigenvalue weighted by atomic mass is 16.4. The van der Waals surface area contributed by atoms with Crippen molar-refractivity contribution in [1.82, 2.24) is 15.5 Å². The van der Waals surface area contributed by atoms with Crippen LogP contribution in [-0.4, -0.2) is 33.2 Å². The second-order valence-corrected chi connectivity index (χ2v) is 3.70. The summed E-state index contributed by atoms with van der Waals surface area (Å²) in [6.45, 7) is 6.84. The molecule has 0 radical (unpaired) electrons. The molecule has 3 N–H and O–H groups in total. The van der Waals surface area contributed by atoms with Gasteiger partial charge in [-0.3, -0.25) is 9.89 Å². The number of carboxylic acid groups (broad SMARTS) is 1. The third-order valence-corrected chi connectivity index (χ3v) is 2.36. The fourth-order valence-corrected chi connectivity index (χ4v) is 1.50. The fourth-order valence-electron chi connectivity index (χ4n) is 1.50. The van der Waals surface area contributed by atoms with E-state index in [1.807, 2.05) is 0 Å². The number of hydrogen-bond donors (Lipinski definition) is 3. The number of hydrogen-bond acceptors (Lipinski definition) is 3. The van der Waals surface area contributed by atoms with Gasteiger partial charge in [0.1, 0.15) is 6.04 Å². The number of nitrogens with one attached hydrogen (secondary N) is 2. The number of carbonyl (C=O) groups is 2. The molecule has 0 fully saturated rings. The Morgan fingerprint density at radius 2 is 2.24 bits per heavy atom. The Morgan fingerprint density at radius 3 is 2.65 bits per heavy atom. The molecule has 0 saturated carbocycles. The first-order valence-electron chi connectivity index (χ1n) is 5.13. The number of amides is 1. The maximum Gasteiger partial charge on any atom is 0.326 e. The molecule has 0 aliphatic rings. The Bertz CT molecular complexity index is 431. The third-order valence-electron chi connectivity index (χ3n) is 2.36. The lowest BCUT2D eigenvalue weighted by molar-refractivity contribution is -0.139. The molecule has 1 atom stereocenters. The van der Waals surface area contributed by atoms with E-state index < -0.39 is 17.9 Å². The number of aliphatic carboxylic acids is 1. The SMILES string of the molecule is C=CCC(NC(=O)c1c(C)n[nH]c1C)C(=O)O. The summed E-state index contributed by atoms with van der Waals surface area (Å²) in [5, 5.41) is 17.9. The van der Waals surface area contributed by atoms with Gasteiger partial charge in [0.05, 0.1) is 11.3 Å². The second-order valence-electron chi connectivity index (χ2n) is 3.70. The van der Waals surface area contributed by atoms with E-state index in [1.165, 1.54) is 6.08 Å². The molecule has 1 aromatic rings. The van der Waals surface area contributed by atoms with Crippen LogP contribution in [0.3, 0.4) is 0 Å². The van der Waals surface area contributed by atoms with Gasteiger partial charge < -0.3 is 10.4 Å². The Hall–Kier alpha value is -2.11. The van der Waals surface area contributed by atoms with E-state index in [1.54, 1.807) is 13.8 Å². The van der Waals surface area contributed by atoms with Crippen LogP contribution in [-0.2, 0) is 4.79 Å². The first kappa shape index (κ1) is 13.0. The van der Waals surface area contributed by atoms with Crippen LogP contribution in [0.5, 0.6) is 0 Å². The molecular formula is C11H15N3O3. The van der Waals surface area contributed by atoms with E-state index in [2.05, 4.69) is 22.1 Å². The molecule has 6 heteroatoms. The smallest absolute Gasteiger partial charge is 0.326 e. The lowest BCUT2D eigenvalue weighted by Gasteiger charge is -2.12. The number of rotatable bonds is 5. The fraction of sp³-hybridized carbons (Fsp3) is 0.364. The molecule has 0 spiro atoms. The Morgan fingerprint density at radius 1 is 1.59 bits per heavy atom. The number of aromatic amines is 1. The molecule has 0 saturated heterocycles. The summed E-state index contributed by atoms with van der Waals surface area (Å²) in [4.78, 5) is 22.7. The molecule has 6 nitrogen and oxygen atoms in total. The lowest BCUT2D eigenvalue weighted by atomic mass is 10.1. The van der Waals surface area contributed by atoms with Gasteiger partial charge in [-0.2, -0.15) is 5.10 Å². The molecule has 0 aliphatic heterocycles. The van der Waals surface area contributed by atoms with Crippen LogP contribution in [0.2, 0.25) is 0 Å². The molecule has 1 unspecified atom stereocenters. The van der Waals surface area contributed by atoms with Gasteiger partial charge >= 0.3 is 5.97 Å². The van der Waals surface area contributed by atoms with Crippen molar-refractivity contribution in [2.24, 2.45) is 0 Å². The minimum absolute atomic E-state index is 0.178. The van der Waals surface area contributed by atoms with E-state index in [-0.39, 0.29) is 6.42 Å². The number of carboxylic acids is 1. The van der Waals surface area contributed by atoms with Crippen molar-refractivity contribution >= 4 is 11.9 Å². The van der Waals surface area contributed by atoms with Gasteiger partial charge in [0.2, 0.25) is 0 Å². The molecule has 1 aromatic heterocycles. The predicted octanol–water partition coefficient (Wildman–Crippen LogP) is 0.786. The number of nitrogens with zero attached hydrogens (tertiary/aromatic N) is 1. The monoisotopic (exact) mass is 237 g/mol. The van der Waals surface area contributed by atoms with Gasteiger partial charge in [-0.1, -0.05) is 6.08 Å². The van der Waals surface area contributed by atoms with Gasteiger partial charge in [-0.05, 0) is 20.3 Å². The standard InChI is InChI=1S/C11H15N3O3/c1-4-5-8(11(16)17)12-10(15)9-6(2)13-14-7(9)3/h4,8H,1,5H2,2-3H3,(H,12,15)(H,13,14)(H,16,17). The largest absolute Gasteiger partial charge is 0.480 e. The van der Waals surface area contributed by atoms with E-state index in [4.69, 9.17) is 5.11 Å². The van der Waals surface area contributed by atoms with E-state index in [9.17, 15) is 9.59 Å². The highest BCUT2D eigenvalue weighted by Gasteiger charge is 2.22. The molecule has 17 heavy (non-hydrogen) atoms. The van der Waals surface area contributed by atoms with Crippen LogP contribution in [0.25, 0.3) is 0 Å².